The molecule has 1 fully saturated rings. The quantitative estimate of drug-likeness (QED) is 0.378. The average molecular weight is 536 g/mol. The highest BCUT2D eigenvalue weighted by atomic mass is 16.6. The van der Waals surface area contributed by atoms with Crippen LogP contribution in [0.25, 0.3) is 0 Å². The van der Waals surface area contributed by atoms with E-state index in [4.69, 9.17) is 4.74 Å². The van der Waals surface area contributed by atoms with Gasteiger partial charge in [0.15, 0.2) is 0 Å². The molecule has 2 N–H and O–H groups in total. The van der Waals surface area contributed by atoms with Gasteiger partial charge in [-0.25, -0.2) is 4.79 Å². The minimum Gasteiger partial charge on any atom is -0.444 e. The Hall–Kier alpha value is -3.35. The van der Waals surface area contributed by atoms with Crippen LogP contribution in [-0.2, 0) is 14.3 Å². The summed E-state index contributed by atoms with van der Waals surface area (Å²) in [6, 6.07) is 11.9. The van der Waals surface area contributed by atoms with Gasteiger partial charge in [-0.3, -0.25) is 9.59 Å². The molecule has 0 saturated heterocycles. The second-order valence-corrected chi connectivity index (χ2v) is 12.3. The molecule has 212 valence electrons. The van der Waals surface area contributed by atoms with Crippen LogP contribution in [0.3, 0.4) is 0 Å². The zero-order valence-electron chi connectivity index (χ0n) is 24.8. The number of benzene rings is 2. The fourth-order valence-corrected chi connectivity index (χ4v) is 5.03. The normalized spacial score (nSPS) is 15.2. The van der Waals surface area contributed by atoms with Gasteiger partial charge in [-0.15, -0.1) is 0 Å². The molecule has 1 aliphatic carbocycles. The largest absolute Gasteiger partial charge is 0.444 e. The van der Waals surface area contributed by atoms with E-state index >= 15 is 0 Å². The molecule has 2 unspecified atom stereocenters. The van der Waals surface area contributed by atoms with Crippen LogP contribution < -0.4 is 10.6 Å². The lowest BCUT2D eigenvalue weighted by atomic mass is 9.87. The van der Waals surface area contributed by atoms with Gasteiger partial charge in [0.25, 0.3) is 5.91 Å². The van der Waals surface area contributed by atoms with Gasteiger partial charge in [-0.2, -0.15) is 0 Å². The van der Waals surface area contributed by atoms with Gasteiger partial charge < -0.3 is 20.3 Å². The van der Waals surface area contributed by atoms with Crippen molar-refractivity contribution in [2.75, 3.05) is 5.32 Å². The Morgan fingerprint density at radius 3 is 2.13 bits per heavy atom. The second-order valence-electron chi connectivity index (χ2n) is 12.3. The Balaban J connectivity index is 2.06. The smallest absolute Gasteiger partial charge is 0.408 e. The van der Waals surface area contributed by atoms with Crippen molar-refractivity contribution in [3.05, 3.63) is 64.7 Å². The van der Waals surface area contributed by atoms with Crippen LogP contribution in [-0.4, -0.2) is 40.5 Å². The number of aryl methyl sites for hydroxylation is 3. The third-order valence-corrected chi connectivity index (χ3v) is 6.91. The molecule has 7 heteroatoms. The predicted octanol–water partition coefficient (Wildman–Crippen LogP) is 6.61. The molecule has 7 nitrogen and oxygen atoms in total. The van der Waals surface area contributed by atoms with Gasteiger partial charge in [0.1, 0.15) is 17.7 Å². The number of amides is 3. The van der Waals surface area contributed by atoms with Crippen LogP contribution in [0.1, 0.15) is 88.6 Å². The topological polar surface area (TPSA) is 87.7 Å². The fourth-order valence-electron chi connectivity index (χ4n) is 5.03. The van der Waals surface area contributed by atoms with E-state index < -0.39 is 23.8 Å². The lowest BCUT2D eigenvalue weighted by Gasteiger charge is -2.44. The second kappa shape index (κ2) is 12.7. The third kappa shape index (κ3) is 8.32. The zero-order valence-corrected chi connectivity index (χ0v) is 24.8. The van der Waals surface area contributed by atoms with E-state index in [9.17, 15) is 14.4 Å². The van der Waals surface area contributed by atoms with Crippen molar-refractivity contribution >= 4 is 23.6 Å². The highest BCUT2D eigenvalue weighted by Gasteiger charge is 2.42. The summed E-state index contributed by atoms with van der Waals surface area (Å²) in [6.45, 7) is 15.3. The van der Waals surface area contributed by atoms with Gasteiger partial charge in [-0.1, -0.05) is 61.4 Å². The van der Waals surface area contributed by atoms with Crippen LogP contribution in [0.4, 0.5) is 10.5 Å². The summed E-state index contributed by atoms with van der Waals surface area (Å²) in [6.07, 6.45) is 2.40. The van der Waals surface area contributed by atoms with E-state index in [1.807, 2.05) is 71.0 Å². The number of alkyl carbamates (subject to hydrolysis) is 1. The first-order valence-corrected chi connectivity index (χ1v) is 14.0. The molecule has 2 atom stereocenters. The number of carbonyl (C=O) groups is 3. The van der Waals surface area contributed by atoms with Crippen molar-refractivity contribution in [2.45, 2.75) is 105 Å². The zero-order chi connectivity index (χ0) is 28.9. The van der Waals surface area contributed by atoms with Gasteiger partial charge in [0.05, 0.1) is 0 Å². The summed E-state index contributed by atoms with van der Waals surface area (Å²) >= 11 is 0. The molecule has 0 aromatic heterocycles. The molecule has 0 aliphatic heterocycles. The maximum absolute atomic E-state index is 14.4. The Labute approximate surface area is 233 Å². The average Bonchev–Trinajstić information content (AvgIpc) is 2.76. The molecule has 2 aromatic carbocycles. The summed E-state index contributed by atoms with van der Waals surface area (Å²) in [5.41, 5.74) is 3.76. The van der Waals surface area contributed by atoms with Crippen molar-refractivity contribution < 1.29 is 19.1 Å². The number of nitrogens with one attached hydrogen (secondary N) is 2. The SMILES string of the molecule is Cc1cc(C)cc(C(C(=O)Nc2ccccc2C)N(C(=O)C(CC(C)C)NC(=O)OC(C)(C)C)C2CCC2)c1. The van der Waals surface area contributed by atoms with Crippen LogP contribution in [0.5, 0.6) is 0 Å². The number of anilines is 1. The van der Waals surface area contributed by atoms with Crippen molar-refractivity contribution in [1.29, 1.82) is 0 Å². The number of para-hydroxylation sites is 1. The van der Waals surface area contributed by atoms with Crippen LogP contribution in [0.15, 0.2) is 42.5 Å². The number of hydrogen-bond acceptors (Lipinski definition) is 4. The van der Waals surface area contributed by atoms with Gasteiger partial charge >= 0.3 is 6.09 Å². The van der Waals surface area contributed by atoms with Crippen molar-refractivity contribution in [3.63, 3.8) is 0 Å². The van der Waals surface area contributed by atoms with E-state index in [2.05, 4.69) is 16.7 Å². The molecule has 3 amide bonds. The van der Waals surface area contributed by atoms with Crippen LogP contribution in [0, 0.1) is 26.7 Å². The van der Waals surface area contributed by atoms with Crippen LogP contribution in [0.2, 0.25) is 0 Å². The van der Waals surface area contributed by atoms with E-state index in [-0.39, 0.29) is 23.8 Å². The van der Waals surface area contributed by atoms with E-state index in [0.717, 1.165) is 41.5 Å². The first kappa shape index (κ1) is 30.2. The summed E-state index contributed by atoms with van der Waals surface area (Å²) in [7, 11) is 0. The summed E-state index contributed by atoms with van der Waals surface area (Å²) in [5.74, 6) is -0.393. The van der Waals surface area contributed by atoms with Gasteiger partial charge in [-0.05, 0) is 90.3 Å². The third-order valence-electron chi connectivity index (χ3n) is 6.91. The number of rotatable bonds is 9. The summed E-state index contributed by atoms with van der Waals surface area (Å²) in [5, 5.41) is 5.92. The molecule has 3 rings (SSSR count). The van der Waals surface area contributed by atoms with Crippen molar-refractivity contribution in [3.8, 4) is 0 Å². The Kier molecular flexibility index (Phi) is 9.81. The van der Waals surface area contributed by atoms with E-state index in [1.54, 1.807) is 25.7 Å². The Morgan fingerprint density at radius 2 is 1.62 bits per heavy atom. The monoisotopic (exact) mass is 535 g/mol. The molecule has 0 spiro atoms. The molecule has 2 aromatic rings. The number of ether oxygens (including phenoxy) is 1. The molecule has 0 heterocycles. The summed E-state index contributed by atoms with van der Waals surface area (Å²) < 4.78 is 5.50. The molecular weight excluding hydrogens is 490 g/mol. The first-order chi connectivity index (χ1) is 18.2. The maximum atomic E-state index is 14.4. The highest BCUT2D eigenvalue weighted by molar-refractivity contribution is 5.99. The Morgan fingerprint density at radius 1 is 1.00 bits per heavy atom. The van der Waals surface area contributed by atoms with E-state index in [1.165, 1.54) is 0 Å². The minimum absolute atomic E-state index is 0.0963. The molecule has 1 aliphatic rings. The number of carbonyl (C=O) groups excluding carboxylic acids is 3. The number of hydrogen-bond donors (Lipinski definition) is 2. The molecule has 0 radical (unpaired) electrons. The molecule has 0 bridgehead atoms. The van der Waals surface area contributed by atoms with Crippen LogP contribution >= 0.6 is 0 Å². The molecule has 1 saturated carbocycles. The number of nitrogens with zero attached hydrogens (tertiary/aromatic N) is 1. The molecular formula is C32H45N3O4. The highest BCUT2D eigenvalue weighted by Crippen LogP contribution is 2.35. The lowest BCUT2D eigenvalue weighted by molar-refractivity contribution is -0.146. The predicted molar refractivity (Wildman–Crippen MR) is 156 cm³/mol. The maximum Gasteiger partial charge on any atom is 0.408 e. The minimum atomic E-state index is -0.851. The fraction of sp³-hybridized carbons (Fsp3) is 0.531. The lowest BCUT2D eigenvalue weighted by Crippen LogP contribution is -2.57. The summed E-state index contributed by atoms with van der Waals surface area (Å²) in [4.78, 5) is 43.0. The van der Waals surface area contributed by atoms with Crippen molar-refractivity contribution in [2.24, 2.45) is 5.92 Å². The first-order valence-electron chi connectivity index (χ1n) is 14.0. The van der Waals surface area contributed by atoms with Gasteiger partial charge in [0, 0.05) is 11.7 Å². The van der Waals surface area contributed by atoms with E-state index in [0.29, 0.717) is 12.1 Å². The standard InChI is InChI=1S/C32H45N3O4/c1-20(2)16-27(34-31(38)39-32(6,7)8)30(37)35(25-13-11-14-25)28(24-18-21(3)17-22(4)19-24)29(36)33-26-15-10-9-12-23(26)5/h9-10,12,15,17-20,25,27-28H,11,13-14,16H2,1-8H3,(H,33,36)(H,34,38). The van der Waals surface area contributed by atoms with Crippen molar-refractivity contribution in [1.82, 2.24) is 10.2 Å². The van der Waals surface area contributed by atoms with Gasteiger partial charge in [0.2, 0.25) is 5.91 Å². The molecule has 39 heavy (non-hydrogen) atoms. The Bertz CT molecular complexity index is 1160.